The zero-order chi connectivity index (χ0) is 14.6. The van der Waals surface area contributed by atoms with E-state index in [1.54, 1.807) is 6.26 Å². The minimum atomic E-state index is -0.649. The van der Waals surface area contributed by atoms with Crippen LogP contribution in [-0.2, 0) is 10.2 Å². The minimum Gasteiger partial charge on any atom is -0.469 e. The molecule has 1 aromatic heterocycles. The monoisotopic (exact) mass is 272 g/mol. The van der Waals surface area contributed by atoms with Gasteiger partial charge < -0.3 is 15.5 Å². The topological polar surface area (TPSA) is 68.3 Å². The van der Waals surface area contributed by atoms with Crippen LogP contribution < -0.4 is 11.1 Å². The Morgan fingerprint density at radius 2 is 1.95 bits per heavy atom. The molecule has 0 fully saturated rings. The smallest absolute Gasteiger partial charge is 0.241 e. The standard InChI is InChI=1S/C16H20N2O2/c1-16(2,13-9-6-10-20-13)11-18-15(19)14(17)12-7-4-3-5-8-12/h3-10,14H,11,17H2,1-2H3,(H,18,19). The zero-order valence-corrected chi connectivity index (χ0v) is 11.8. The molecular formula is C16H20N2O2. The molecule has 0 saturated carbocycles. The number of carbonyl (C=O) groups is 1. The van der Waals surface area contributed by atoms with Gasteiger partial charge in [-0.15, -0.1) is 0 Å². The molecule has 106 valence electrons. The van der Waals surface area contributed by atoms with E-state index in [1.165, 1.54) is 0 Å². The van der Waals surface area contributed by atoms with Crippen molar-refractivity contribution >= 4 is 5.91 Å². The Kier molecular flexibility index (Phi) is 4.25. The van der Waals surface area contributed by atoms with E-state index in [1.807, 2.05) is 56.3 Å². The fraction of sp³-hybridized carbons (Fsp3) is 0.312. The lowest BCUT2D eigenvalue weighted by atomic mass is 9.90. The van der Waals surface area contributed by atoms with Gasteiger partial charge in [-0.05, 0) is 17.7 Å². The van der Waals surface area contributed by atoms with Gasteiger partial charge in [0.15, 0.2) is 0 Å². The normalized spacial score (nSPS) is 12.9. The number of hydrogen-bond donors (Lipinski definition) is 2. The Labute approximate surface area is 119 Å². The summed E-state index contributed by atoms with van der Waals surface area (Å²) in [4.78, 5) is 12.1. The van der Waals surface area contributed by atoms with Crippen molar-refractivity contribution in [3.8, 4) is 0 Å². The second-order valence-electron chi connectivity index (χ2n) is 5.47. The van der Waals surface area contributed by atoms with Crippen LogP contribution in [0, 0.1) is 0 Å². The largest absolute Gasteiger partial charge is 0.469 e. The summed E-state index contributed by atoms with van der Waals surface area (Å²) in [6.45, 7) is 4.50. The number of rotatable bonds is 5. The van der Waals surface area contributed by atoms with Crippen LogP contribution in [0.1, 0.15) is 31.2 Å². The summed E-state index contributed by atoms with van der Waals surface area (Å²) in [5.41, 5.74) is 6.49. The molecule has 0 aliphatic rings. The van der Waals surface area contributed by atoms with Crippen LogP contribution in [-0.4, -0.2) is 12.5 Å². The molecule has 1 heterocycles. The van der Waals surface area contributed by atoms with Crippen LogP contribution in [0.2, 0.25) is 0 Å². The average molecular weight is 272 g/mol. The second-order valence-corrected chi connectivity index (χ2v) is 5.47. The molecule has 2 aromatic rings. The quantitative estimate of drug-likeness (QED) is 0.878. The molecule has 2 rings (SSSR count). The molecule has 1 atom stereocenters. The van der Waals surface area contributed by atoms with E-state index in [2.05, 4.69) is 5.32 Å². The average Bonchev–Trinajstić information content (AvgIpc) is 3.00. The molecule has 0 aliphatic carbocycles. The zero-order valence-electron chi connectivity index (χ0n) is 11.8. The fourth-order valence-electron chi connectivity index (χ4n) is 1.98. The highest BCUT2D eigenvalue weighted by Crippen LogP contribution is 2.22. The molecule has 1 aromatic carbocycles. The predicted octanol–water partition coefficient (Wildman–Crippen LogP) is 2.37. The van der Waals surface area contributed by atoms with Crippen LogP contribution in [0.3, 0.4) is 0 Å². The van der Waals surface area contributed by atoms with Gasteiger partial charge in [-0.3, -0.25) is 4.79 Å². The Hall–Kier alpha value is -2.07. The van der Waals surface area contributed by atoms with Crippen molar-refractivity contribution in [1.29, 1.82) is 0 Å². The number of nitrogens with two attached hydrogens (primary N) is 1. The number of carbonyl (C=O) groups excluding carboxylic acids is 1. The van der Waals surface area contributed by atoms with Gasteiger partial charge in [0.05, 0.1) is 6.26 Å². The summed E-state index contributed by atoms with van der Waals surface area (Å²) in [6, 6.07) is 12.4. The van der Waals surface area contributed by atoms with Crippen LogP contribution in [0.4, 0.5) is 0 Å². The summed E-state index contributed by atoms with van der Waals surface area (Å²) in [5.74, 6) is 0.655. The molecule has 3 N–H and O–H groups in total. The molecule has 0 spiro atoms. The van der Waals surface area contributed by atoms with E-state index >= 15 is 0 Å². The van der Waals surface area contributed by atoms with Gasteiger partial charge >= 0.3 is 0 Å². The summed E-state index contributed by atoms with van der Waals surface area (Å²) in [6.07, 6.45) is 1.63. The third-order valence-corrected chi connectivity index (χ3v) is 3.33. The molecule has 4 nitrogen and oxygen atoms in total. The second kappa shape index (κ2) is 5.92. The third-order valence-electron chi connectivity index (χ3n) is 3.33. The number of amides is 1. The highest BCUT2D eigenvalue weighted by Gasteiger charge is 2.25. The Balaban J connectivity index is 1.96. The van der Waals surface area contributed by atoms with Gasteiger partial charge in [0, 0.05) is 12.0 Å². The van der Waals surface area contributed by atoms with Gasteiger partial charge in [0.1, 0.15) is 11.8 Å². The molecule has 1 unspecified atom stereocenters. The summed E-state index contributed by atoms with van der Waals surface area (Å²) >= 11 is 0. The first kappa shape index (κ1) is 14.3. The van der Waals surface area contributed by atoms with E-state index in [9.17, 15) is 4.79 Å². The molecule has 20 heavy (non-hydrogen) atoms. The van der Waals surface area contributed by atoms with E-state index < -0.39 is 6.04 Å². The molecule has 0 bridgehead atoms. The van der Waals surface area contributed by atoms with Gasteiger partial charge in [-0.25, -0.2) is 0 Å². The van der Waals surface area contributed by atoms with Crippen molar-refractivity contribution in [2.75, 3.05) is 6.54 Å². The first-order valence-corrected chi connectivity index (χ1v) is 6.63. The summed E-state index contributed by atoms with van der Waals surface area (Å²) in [5, 5.41) is 2.89. The highest BCUT2D eigenvalue weighted by atomic mass is 16.3. The Morgan fingerprint density at radius 1 is 1.25 bits per heavy atom. The molecule has 4 heteroatoms. The van der Waals surface area contributed by atoms with E-state index in [-0.39, 0.29) is 11.3 Å². The van der Waals surface area contributed by atoms with Gasteiger partial charge in [-0.1, -0.05) is 44.2 Å². The maximum Gasteiger partial charge on any atom is 0.241 e. The van der Waals surface area contributed by atoms with Crippen molar-refractivity contribution < 1.29 is 9.21 Å². The number of hydrogen-bond acceptors (Lipinski definition) is 3. The summed E-state index contributed by atoms with van der Waals surface area (Å²) < 4.78 is 5.39. The molecular weight excluding hydrogens is 252 g/mol. The van der Waals surface area contributed by atoms with Gasteiger partial charge in [0.25, 0.3) is 0 Å². The van der Waals surface area contributed by atoms with Gasteiger partial charge in [0.2, 0.25) is 5.91 Å². The number of furan rings is 1. The third kappa shape index (κ3) is 3.27. The first-order chi connectivity index (χ1) is 9.50. The fourth-order valence-corrected chi connectivity index (χ4v) is 1.98. The van der Waals surface area contributed by atoms with Crippen molar-refractivity contribution in [1.82, 2.24) is 5.32 Å². The maximum absolute atomic E-state index is 12.1. The molecule has 0 radical (unpaired) electrons. The van der Waals surface area contributed by atoms with Crippen LogP contribution >= 0.6 is 0 Å². The molecule has 0 aliphatic heterocycles. The van der Waals surface area contributed by atoms with E-state index in [0.29, 0.717) is 6.54 Å². The van der Waals surface area contributed by atoms with Crippen molar-refractivity contribution in [2.45, 2.75) is 25.3 Å². The first-order valence-electron chi connectivity index (χ1n) is 6.63. The summed E-state index contributed by atoms with van der Waals surface area (Å²) in [7, 11) is 0. The van der Waals surface area contributed by atoms with E-state index in [4.69, 9.17) is 10.2 Å². The SMILES string of the molecule is CC(C)(CNC(=O)C(N)c1ccccc1)c1ccco1. The van der Waals surface area contributed by atoms with Gasteiger partial charge in [-0.2, -0.15) is 0 Å². The van der Waals surface area contributed by atoms with Crippen LogP contribution in [0.25, 0.3) is 0 Å². The molecule has 1 amide bonds. The molecule has 0 saturated heterocycles. The number of benzene rings is 1. The van der Waals surface area contributed by atoms with E-state index in [0.717, 1.165) is 11.3 Å². The van der Waals surface area contributed by atoms with Crippen LogP contribution in [0.5, 0.6) is 0 Å². The lowest BCUT2D eigenvalue weighted by Gasteiger charge is -2.23. The van der Waals surface area contributed by atoms with Crippen LogP contribution in [0.15, 0.2) is 53.1 Å². The number of nitrogens with one attached hydrogen (secondary N) is 1. The van der Waals surface area contributed by atoms with Crippen molar-refractivity contribution in [3.63, 3.8) is 0 Å². The highest BCUT2D eigenvalue weighted by molar-refractivity contribution is 5.82. The minimum absolute atomic E-state index is 0.184. The van der Waals surface area contributed by atoms with Crippen molar-refractivity contribution in [2.24, 2.45) is 5.73 Å². The maximum atomic E-state index is 12.1. The lowest BCUT2D eigenvalue weighted by molar-refractivity contribution is -0.122. The Bertz CT molecular complexity index is 547. The van der Waals surface area contributed by atoms with Crippen molar-refractivity contribution in [3.05, 3.63) is 60.1 Å². The lowest BCUT2D eigenvalue weighted by Crippen LogP contribution is -2.41. The predicted molar refractivity (Wildman–Crippen MR) is 78.1 cm³/mol. The Morgan fingerprint density at radius 3 is 2.55 bits per heavy atom.